The van der Waals surface area contributed by atoms with Crippen molar-refractivity contribution < 1.29 is 9.18 Å². The zero-order valence-electron chi connectivity index (χ0n) is 17.9. The summed E-state index contributed by atoms with van der Waals surface area (Å²) in [4.78, 5) is 14.9. The third-order valence-corrected chi connectivity index (χ3v) is 5.55. The highest BCUT2D eigenvalue weighted by molar-refractivity contribution is 5.90. The minimum Gasteiger partial charge on any atom is -0.316 e. The number of carbonyl (C=O) groups is 1. The molecule has 1 N–H and O–H groups in total. The van der Waals surface area contributed by atoms with Crippen molar-refractivity contribution in [1.82, 2.24) is 24.9 Å². The normalized spacial score (nSPS) is 11.1. The Balaban J connectivity index is 1.54. The number of nitrogens with one attached hydrogen (secondary N) is 1. The zero-order valence-corrected chi connectivity index (χ0v) is 17.9. The number of hydrogen-bond donors (Lipinski definition) is 1. The molecule has 0 saturated heterocycles. The largest absolute Gasteiger partial charge is 0.322 e. The average molecular weight is 440 g/mol. The first-order valence-electron chi connectivity index (χ1n) is 10.5. The lowest BCUT2D eigenvalue weighted by Crippen LogP contribution is -2.34. The first-order valence-corrected chi connectivity index (χ1v) is 10.5. The van der Waals surface area contributed by atoms with Crippen molar-refractivity contribution in [2.45, 2.75) is 20.0 Å². The molecule has 0 bridgehead atoms. The molecular weight excluding hydrogens is 419 g/mol. The van der Waals surface area contributed by atoms with Gasteiger partial charge in [-0.25, -0.2) is 9.18 Å². The SMILES string of the molecule is Cc1cccc2cc(CN(Cc3ccccc3)C(=O)Nc3ccccc3F)c3nnnn3c12. The zero-order chi connectivity index (χ0) is 22.8. The number of hydrogen-bond acceptors (Lipinski definition) is 4. The first kappa shape index (κ1) is 20.6. The van der Waals surface area contributed by atoms with Crippen molar-refractivity contribution in [3.05, 3.63) is 101 Å². The number of aryl methyl sites for hydroxylation is 1. The van der Waals surface area contributed by atoms with Gasteiger partial charge in [0, 0.05) is 17.5 Å². The fourth-order valence-corrected chi connectivity index (χ4v) is 3.96. The molecule has 0 saturated carbocycles. The molecule has 2 heterocycles. The number of pyridine rings is 1. The lowest BCUT2D eigenvalue weighted by atomic mass is 10.1. The van der Waals surface area contributed by atoms with Crippen LogP contribution in [0.25, 0.3) is 16.6 Å². The second-order valence-corrected chi connectivity index (χ2v) is 7.85. The highest BCUT2D eigenvalue weighted by atomic mass is 19.1. The maximum atomic E-state index is 14.2. The van der Waals surface area contributed by atoms with Crippen LogP contribution in [0, 0.1) is 12.7 Å². The first-order chi connectivity index (χ1) is 16.1. The number of benzene rings is 3. The lowest BCUT2D eigenvalue weighted by Gasteiger charge is -2.24. The number of rotatable bonds is 5. The second kappa shape index (κ2) is 8.66. The number of carbonyl (C=O) groups excluding carboxylic acids is 1. The van der Waals surface area contributed by atoms with Gasteiger partial charge in [0.05, 0.1) is 17.7 Å². The van der Waals surface area contributed by atoms with Crippen LogP contribution in [0.3, 0.4) is 0 Å². The number of tetrazole rings is 1. The molecule has 0 unspecified atom stereocenters. The van der Waals surface area contributed by atoms with E-state index in [0.717, 1.165) is 27.6 Å². The van der Waals surface area contributed by atoms with Gasteiger partial charge in [-0.15, -0.1) is 5.10 Å². The van der Waals surface area contributed by atoms with Gasteiger partial charge in [-0.1, -0.05) is 60.7 Å². The Kier molecular flexibility index (Phi) is 5.40. The standard InChI is InChI=1S/C25H21FN6O/c1-17-8-7-11-19-14-20(24-28-29-30-32(24)23(17)19)16-31(15-18-9-3-2-4-10-18)25(33)27-22-13-6-5-12-21(22)26/h2-14H,15-16H2,1H3,(H,27,33). The van der Waals surface area contributed by atoms with E-state index in [1.165, 1.54) is 12.1 Å². The van der Waals surface area contributed by atoms with E-state index in [1.54, 1.807) is 21.5 Å². The maximum absolute atomic E-state index is 14.2. The van der Waals surface area contributed by atoms with E-state index in [1.807, 2.05) is 61.5 Å². The molecule has 0 radical (unpaired) electrons. The third-order valence-electron chi connectivity index (χ3n) is 5.55. The summed E-state index contributed by atoms with van der Waals surface area (Å²) < 4.78 is 15.9. The van der Waals surface area contributed by atoms with Crippen molar-refractivity contribution in [2.75, 3.05) is 5.32 Å². The summed E-state index contributed by atoms with van der Waals surface area (Å²) >= 11 is 0. The van der Waals surface area contributed by atoms with Crippen LogP contribution < -0.4 is 5.32 Å². The second-order valence-electron chi connectivity index (χ2n) is 7.85. The fourth-order valence-electron chi connectivity index (χ4n) is 3.96. The predicted octanol–water partition coefficient (Wildman–Crippen LogP) is 4.96. The fraction of sp³-hybridized carbons (Fsp3) is 0.120. The van der Waals surface area contributed by atoms with E-state index in [-0.39, 0.29) is 12.2 Å². The molecule has 2 aromatic heterocycles. The highest BCUT2D eigenvalue weighted by Crippen LogP contribution is 2.24. The molecule has 0 aliphatic rings. The number of anilines is 1. The molecule has 0 spiro atoms. The molecule has 0 aliphatic carbocycles. The number of nitrogens with zero attached hydrogens (tertiary/aromatic N) is 5. The summed E-state index contributed by atoms with van der Waals surface area (Å²) in [5.74, 6) is -0.490. The van der Waals surface area contributed by atoms with Crippen LogP contribution in [0.4, 0.5) is 14.9 Å². The molecule has 5 aromatic rings. The van der Waals surface area contributed by atoms with E-state index in [4.69, 9.17) is 0 Å². The van der Waals surface area contributed by atoms with E-state index in [2.05, 4.69) is 20.8 Å². The van der Waals surface area contributed by atoms with Gasteiger partial charge in [-0.3, -0.25) is 0 Å². The Hall–Kier alpha value is -4.33. The third kappa shape index (κ3) is 4.10. The smallest absolute Gasteiger partial charge is 0.316 e. The highest BCUT2D eigenvalue weighted by Gasteiger charge is 2.20. The van der Waals surface area contributed by atoms with Crippen molar-refractivity contribution in [3.8, 4) is 0 Å². The molecule has 164 valence electrons. The Labute approximate surface area is 189 Å². The number of amides is 2. The van der Waals surface area contributed by atoms with Crippen LogP contribution in [-0.4, -0.2) is 31.0 Å². The summed E-state index contributed by atoms with van der Waals surface area (Å²) in [6, 6.07) is 23.3. The van der Waals surface area contributed by atoms with Gasteiger partial charge in [0.2, 0.25) is 0 Å². The van der Waals surface area contributed by atoms with Crippen molar-refractivity contribution >= 4 is 28.3 Å². The van der Waals surface area contributed by atoms with Gasteiger partial charge < -0.3 is 10.2 Å². The molecule has 7 nitrogen and oxygen atoms in total. The summed E-state index contributed by atoms with van der Waals surface area (Å²) in [6.45, 7) is 2.58. The van der Waals surface area contributed by atoms with Crippen molar-refractivity contribution in [2.24, 2.45) is 0 Å². The van der Waals surface area contributed by atoms with Crippen LogP contribution in [0.1, 0.15) is 16.7 Å². The summed E-state index contributed by atoms with van der Waals surface area (Å²) in [6.07, 6.45) is 0. The summed E-state index contributed by atoms with van der Waals surface area (Å²) in [5, 5.41) is 15.9. The van der Waals surface area contributed by atoms with Gasteiger partial charge >= 0.3 is 6.03 Å². The molecule has 0 aliphatic heterocycles. The molecular formula is C25H21FN6O. The maximum Gasteiger partial charge on any atom is 0.322 e. The van der Waals surface area contributed by atoms with Gasteiger partial charge in [-0.2, -0.15) is 4.52 Å². The Morgan fingerprint density at radius 1 is 1.00 bits per heavy atom. The number of aromatic nitrogens is 4. The molecule has 2 amide bonds. The Bertz CT molecular complexity index is 1450. The molecule has 0 fully saturated rings. The van der Waals surface area contributed by atoms with Gasteiger partial charge in [0.15, 0.2) is 5.65 Å². The number of halogens is 1. The van der Waals surface area contributed by atoms with E-state index < -0.39 is 11.8 Å². The van der Waals surface area contributed by atoms with Crippen LogP contribution in [0.5, 0.6) is 0 Å². The van der Waals surface area contributed by atoms with Gasteiger partial charge in [-0.05, 0) is 46.7 Å². The average Bonchev–Trinajstić information content (AvgIpc) is 3.31. The predicted molar refractivity (Wildman–Crippen MR) is 124 cm³/mol. The molecule has 0 atom stereocenters. The number of urea groups is 1. The minimum absolute atomic E-state index is 0.129. The molecule has 5 rings (SSSR count). The quantitative estimate of drug-likeness (QED) is 0.419. The minimum atomic E-state index is -0.490. The van der Waals surface area contributed by atoms with E-state index in [0.29, 0.717) is 12.2 Å². The number of fused-ring (bicyclic) bond motifs is 3. The Morgan fingerprint density at radius 2 is 1.79 bits per heavy atom. The Morgan fingerprint density at radius 3 is 2.61 bits per heavy atom. The lowest BCUT2D eigenvalue weighted by molar-refractivity contribution is 0.206. The van der Waals surface area contributed by atoms with Crippen LogP contribution in [0.15, 0.2) is 78.9 Å². The van der Waals surface area contributed by atoms with Crippen LogP contribution in [-0.2, 0) is 13.1 Å². The van der Waals surface area contributed by atoms with E-state index in [9.17, 15) is 9.18 Å². The van der Waals surface area contributed by atoms with Gasteiger partial charge in [0.1, 0.15) is 5.82 Å². The van der Waals surface area contributed by atoms with Crippen LogP contribution in [0.2, 0.25) is 0 Å². The summed E-state index contributed by atoms with van der Waals surface area (Å²) in [5.41, 5.74) is 4.42. The van der Waals surface area contributed by atoms with Crippen molar-refractivity contribution in [1.29, 1.82) is 0 Å². The molecule has 33 heavy (non-hydrogen) atoms. The summed E-state index contributed by atoms with van der Waals surface area (Å²) in [7, 11) is 0. The monoisotopic (exact) mass is 440 g/mol. The van der Waals surface area contributed by atoms with E-state index >= 15 is 0 Å². The van der Waals surface area contributed by atoms with Crippen LogP contribution >= 0.6 is 0 Å². The topological polar surface area (TPSA) is 75.4 Å². The van der Waals surface area contributed by atoms with Gasteiger partial charge in [0.25, 0.3) is 0 Å². The molecule has 3 aromatic carbocycles. The molecule has 8 heteroatoms. The number of para-hydroxylation sites is 2. The van der Waals surface area contributed by atoms with Crippen molar-refractivity contribution in [3.63, 3.8) is 0 Å².